The van der Waals surface area contributed by atoms with E-state index in [0.717, 1.165) is 0 Å². The maximum atomic E-state index is 12.3. The van der Waals surface area contributed by atoms with Crippen LogP contribution in [0.15, 0.2) is 60.7 Å². The zero-order chi connectivity index (χ0) is 21.0. The van der Waals surface area contributed by atoms with Crippen molar-refractivity contribution in [3.63, 3.8) is 0 Å². The van der Waals surface area contributed by atoms with Crippen LogP contribution in [-0.2, 0) is 14.3 Å². The second kappa shape index (κ2) is 8.52. The van der Waals surface area contributed by atoms with Crippen LogP contribution in [0.4, 0.5) is 0 Å². The molecule has 29 heavy (non-hydrogen) atoms. The molecule has 3 N–H and O–H groups in total. The van der Waals surface area contributed by atoms with Gasteiger partial charge in [0.25, 0.3) is 0 Å². The van der Waals surface area contributed by atoms with Crippen LogP contribution >= 0.6 is 0 Å². The summed E-state index contributed by atoms with van der Waals surface area (Å²) in [5.74, 6) is -2.57. The van der Waals surface area contributed by atoms with E-state index in [-0.39, 0.29) is 11.1 Å². The van der Waals surface area contributed by atoms with Gasteiger partial charge in [-0.05, 0) is 24.3 Å². The van der Waals surface area contributed by atoms with Crippen LogP contribution in [0.3, 0.4) is 0 Å². The van der Waals surface area contributed by atoms with Crippen LogP contribution in [-0.4, -0.2) is 63.6 Å². The third kappa shape index (κ3) is 4.34. The fourth-order valence-corrected chi connectivity index (χ4v) is 3.04. The van der Waals surface area contributed by atoms with Gasteiger partial charge in [0.05, 0.1) is 11.1 Å². The summed E-state index contributed by atoms with van der Waals surface area (Å²) in [7, 11) is 0. The fourth-order valence-electron chi connectivity index (χ4n) is 3.04. The molecule has 0 radical (unpaired) electrons. The predicted molar refractivity (Wildman–Crippen MR) is 99.0 cm³/mol. The first-order valence-corrected chi connectivity index (χ1v) is 8.93. The lowest BCUT2D eigenvalue weighted by atomic mass is 9.78. The average molecular weight is 400 g/mol. The molecule has 0 amide bonds. The van der Waals surface area contributed by atoms with Crippen LogP contribution in [0.25, 0.3) is 0 Å². The Balaban J connectivity index is 1.73. The van der Waals surface area contributed by atoms with E-state index in [0.29, 0.717) is 0 Å². The van der Waals surface area contributed by atoms with Crippen LogP contribution in [0.2, 0.25) is 0 Å². The van der Waals surface area contributed by atoms with Crippen molar-refractivity contribution in [2.24, 2.45) is 0 Å². The third-order valence-corrected chi connectivity index (χ3v) is 4.74. The number of hydrogen-bond donors (Lipinski definition) is 3. The van der Waals surface area contributed by atoms with E-state index in [1.165, 1.54) is 24.3 Å². The summed E-state index contributed by atoms with van der Waals surface area (Å²) >= 11 is 0. The van der Waals surface area contributed by atoms with Crippen LogP contribution in [0.5, 0.6) is 0 Å². The second-order valence-electron chi connectivity index (χ2n) is 6.74. The highest BCUT2D eigenvalue weighted by Crippen LogP contribution is 2.30. The summed E-state index contributed by atoms with van der Waals surface area (Å²) in [5.41, 5.74) is -2.16. The van der Waals surface area contributed by atoms with Crippen molar-refractivity contribution in [3.05, 3.63) is 71.8 Å². The molecule has 0 aromatic heterocycles. The number of ether oxygens (including phenoxy) is 2. The molecular weight excluding hydrogens is 380 g/mol. The molecule has 4 atom stereocenters. The minimum atomic E-state index is -2.52. The largest absolute Gasteiger partial charge is 0.458 e. The normalized spacial score (nSPS) is 26.6. The average Bonchev–Trinajstić information content (AvgIpc) is 2.75. The number of rotatable bonds is 5. The van der Waals surface area contributed by atoms with E-state index in [2.05, 4.69) is 0 Å². The van der Waals surface area contributed by atoms with Crippen molar-refractivity contribution in [1.29, 1.82) is 0 Å². The Morgan fingerprint density at radius 3 is 2.00 bits per heavy atom. The molecule has 2 aromatic carbocycles. The van der Waals surface area contributed by atoms with E-state index in [4.69, 9.17) is 9.47 Å². The minimum Gasteiger partial charge on any atom is -0.458 e. The molecule has 0 unspecified atom stereocenters. The fraction of sp³-hybridized carbons (Fsp3) is 0.286. The molecule has 8 nitrogen and oxygen atoms in total. The Morgan fingerprint density at radius 2 is 1.45 bits per heavy atom. The van der Waals surface area contributed by atoms with Gasteiger partial charge < -0.3 is 24.8 Å². The molecule has 1 fully saturated rings. The van der Waals surface area contributed by atoms with Gasteiger partial charge >= 0.3 is 11.9 Å². The first kappa shape index (κ1) is 20.7. The molecule has 0 aliphatic heterocycles. The summed E-state index contributed by atoms with van der Waals surface area (Å²) < 4.78 is 10.1. The second-order valence-corrected chi connectivity index (χ2v) is 6.74. The van der Waals surface area contributed by atoms with E-state index in [1.807, 2.05) is 0 Å². The summed E-state index contributed by atoms with van der Waals surface area (Å²) in [6, 6.07) is 15.7. The van der Waals surface area contributed by atoms with Gasteiger partial charge in [0.15, 0.2) is 17.5 Å². The quantitative estimate of drug-likeness (QED) is 0.619. The Labute approximate surface area is 166 Å². The number of carbonyl (C=O) groups is 3. The molecular formula is C21H20O8. The number of aliphatic hydroxyl groups excluding tert-OH is 2. The predicted octanol–water partition coefficient (Wildman–Crippen LogP) is 0.495. The number of carbonyl (C=O) groups excluding carboxylic acids is 3. The number of aliphatic hydroxyl groups is 3. The number of ketones is 1. The van der Waals surface area contributed by atoms with Crippen molar-refractivity contribution in [3.8, 4) is 0 Å². The number of benzene rings is 2. The summed E-state index contributed by atoms with van der Waals surface area (Å²) in [6.45, 7) is -0.854. The molecule has 1 aliphatic carbocycles. The summed E-state index contributed by atoms with van der Waals surface area (Å²) in [4.78, 5) is 36.6. The highest BCUT2D eigenvalue weighted by Gasteiger charge is 2.56. The van der Waals surface area contributed by atoms with Gasteiger partial charge in [0.1, 0.15) is 18.8 Å². The van der Waals surface area contributed by atoms with E-state index < -0.39 is 54.7 Å². The molecule has 1 saturated carbocycles. The van der Waals surface area contributed by atoms with Crippen molar-refractivity contribution in [2.45, 2.75) is 30.3 Å². The van der Waals surface area contributed by atoms with Gasteiger partial charge in [0.2, 0.25) is 0 Å². The Bertz CT molecular complexity index is 882. The number of hydrogen-bond acceptors (Lipinski definition) is 8. The standard InChI is InChI=1S/C21H20O8/c22-15-11-16(23)21(27,12-28-19(25)13-7-3-1-4-8-13)18(24)17(15)29-20(26)14-9-5-2-6-10-14/h1-10,15,17-18,22,24,27H,11-12H2/t15-,17-,18+,21-/m1/s1. The van der Waals surface area contributed by atoms with Crippen LogP contribution in [0, 0.1) is 0 Å². The van der Waals surface area contributed by atoms with Crippen molar-refractivity contribution in [2.75, 3.05) is 6.61 Å². The lowest BCUT2D eigenvalue weighted by Crippen LogP contribution is -2.65. The zero-order valence-electron chi connectivity index (χ0n) is 15.3. The molecule has 1 aliphatic rings. The SMILES string of the molecule is O=C(OC[C@@]1(O)C(=O)C[C@@H](O)[C@@H](OC(=O)c2ccccc2)[C@@H]1O)c1ccccc1. The van der Waals surface area contributed by atoms with Gasteiger partial charge in [-0.15, -0.1) is 0 Å². The first-order valence-electron chi connectivity index (χ1n) is 8.93. The molecule has 2 aromatic rings. The molecule has 0 spiro atoms. The molecule has 0 bridgehead atoms. The number of esters is 2. The Hall–Kier alpha value is -3.07. The molecule has 0 saturated heterocycles. The van der Waals surface area contributed by atoms with Crippen LogP contribution < -0.4 is 0 Å². The number of Topliss-reactive ketones (excluding diaryl/α,β-unsaturated/α-hetero) is 1. The van der Waals surface area contributed by atoms with Gasteiger partial charge in [-0.2, -0.15) is 0 Å². The van der Waals surface area contributed by atoms with E-state index in [9.17, 15) is 29.7 Å². The van der Waals surface area contributed by atoms with Crippen molar-refractivity contribution < 1.29 is 39.2 Å². The van der Waals surface area contributed by atoms with Crippen molar-refractivity contribution in [1.82, 2.24) is 0 Å². The van der Waals surface area contributed by atoms with E-state index >= 15 is 0 Å². The Kier molecular flexibility index (Phi) is 6.07. The maximum absolute atomic E-state index is 12.3. The van der Waals surface area contributed by atoms with Gasteiger partial charge in [0, 0.05) is 6.42 Å². The maximum Gasteiger partial charge on any atom is 0.338 e. The van der Waals surface area contributed by atoms with Gasteiger partial charge in [-0.3, -0.25) is 4.79 Å². The van der Waals surface area contributed by atoms with E-state index in [1.54, 1.807) is 36.4 Å². The van der Waals surface area contributed by atoms with Gasteiger partial charge in [-0.1, -0.05) is 36.4 Å². The third-order valence-electron chi connectivity index (χ3n) is 4.74. The van der Waals surface area contributed by atoms with Gasteiger partial charge in [-0.25, -0.2) is 9.59 Å². The lowest BCUT2D eigenvalue weighted by molar-refractivity contribution is -0.199. The monoisotopic (exact) mass is 400 g/mol. The summed E-state index contributed by atoms with van der Waals surface area (Å²) in [5, 5.41) is 31.3. The topological polar surface area (TPSA) is 130 Å². The molecule has 3 rings (SSSR count). The Morgan fingerprint density at radius 1 is 0.931 bits per heavy atom. The molecule has 8 heteroatoms. The first-order chi connectivity index (χ1) is 13.8. The van der Waals surface area contributed by atoms with Crippen LogP contribution in [0.1, 0.15) is 27.1 Å². The summed E-state index contributed by atoms with van der Waals surface area (Å²) in [6.07, 6.45) is -5.67. The lowest BCUT2D eigenvalue weighted by Gasteiger charge is -2.41. The highest BCUT2D eigenvalue weighted by molar-refractivity contribution is 5.93. The molecule has 0 heterocycles. The minimum absolute atomic E-state index is 0.169. The highest BCUT2D eigenvalue weighted by atomic mass is 16.6. The zero-order valence-corrected chi connectivity index (χ0v) is 15.3. The van der Waals surface area contributed by atoms with Crippen molar-refractivity contribution >= 4 is 17.7 Å². The smallest absolute Gasteiger partial charge is 0.338 e. The molecule has 152 valence electrons.